The van der Waals surface area contributed by atoms with Crippen LogP contribution in [0.4, 0.5) is 4.39 Å². The maximum atomic E-state index is 13.7. The van der Waals surface area contributed by atoms with Crippen LogP contribution in [0, 0.1) is 5.82 Å². The fourth-order valence-corrected chi connectivity index (χ4v) is 3.08. The van der Waals surface area contributed by atoms with Crippen LogP contribution in [-0.4, -0.2) is 25.9 Å². The van der Waals surface area contributed by atoms with Gasteiger partial charge >= 0.3 is 0 Å². The maximum Gasteiger partial charge on any atom is 0.126 e. The third-order valence-corrected chi connectivity index (χ3v) is 4.64. The molecular weight excluding hydrogens is 357 g/mol. The summed E-state index contributed by atoms with van der Waals surface area (Å²) in [6.07, 6.45) is 0.580. The molecule has 28 heavy (non-hydrogen) atoms. The molecule has 0 atom stereocenters. The average Bonchev–Trinajstić information content (AvgIpc) is 2.73. The molecule has 3 rings (SSSR count). The van der Waals surface area contributed by atoms with Gasteiger partial charge in [0, 0.05) is 17.7 Å². The van der Waals surface area contributed by atoms with Crippen LogP contribution in [0.15, 0.2) is 60.7 Å². The van der Waals surface area contributed by atoms with Crippen LogP contribution in [0.1, 0.15) is 11.1 Å². The van der Waals surface area contributed by atoms with Crippen LogP contribution >= 0.6 is 0 Å². The third kappa shape index (κ3) is 4.61. The van der Waals surface area contributed by atoms with E-state index in [-0.39, 0.29) is 11.6 Å². The number of hydrogen-bond donors (Lipinski definition) is 2. The van der Waals surface area contributed by atoms with E-state index in [1.165, 1.54) is 6.07 Å². The zero-order chi connectivity index (χ0) is 19.9. The Morgan fingerprint density at radius 2 is 1.75 bits per heavy atom. The minimum atomic E-state index is -0.195. The summed E-state index contributed by atoms with van der Waals surface area (Å²) in [6.45, 7) is 1.08. The van der Waals surface area contributed by atoms with Gasteiger partial charge in [0.15, 0.2) is 0 Å². The van der Waals surface area contributed by atoms with Crippen molar-refractivity contribution in [3.8, 4) is 28.4 Å². The van der Waals surface area contributed by atoms with Crippen LogP contribution in [0.3, 0.4) is 0 Å². The minimum absolute atomic E-state index is 0.195. The first kappa shape index (κ1) is 19.7. The van der Waals surface area contributed by atoms with Crippen LogP contribution in [-0.2, 0) is 13.0 Å². The van der Waals surface area contributed by atoms with E-state index in [0.29, 0.717) is 25.1 Å². The summed E-state index contributed by atoms with van der Waals surface area (Å²) in [4.78, 5) is 0. The molecule has 4 nitrogen and oxygen atoms in total. The van der Waals surface area contributed by atoms with Crippen molar-refractivity contribution in [2.24, 2.45) is 0 Å². The summed E-state index contributed by atoms with van der Waals surface area (Å²) < 4.78 is 24.5. The molecule has 0 heterocycles. The Balaban J connectivity index is 1.72. The molecule has 0 amide bonds. The van der Waals surface area contributed by atoms with Crippen molar-refractivity contribution in [3.05, 3.63) is 77.6 Å². The number of benzene rings is 3. The van der Waals surface area contributed by atoms with Crippen molar-refractivity contribution in [1.82, 2.24) is 5.32 Å². The lowest BCUT2D eigenvalue weighted by Crippen LogP contribution is -2.17. The van der Waals surface area contributed by atoms with E-state index in [2.05, 4.69) is 5.32 Å². The highest BCUT2D eigenvalue weighted by atomic mass is 19.1. The molecule has 0 aliphatic carbocycles. The second-order valence-electron chi connectivity index (χ2n) is 6.43. The molecule has 146 valence electrons. The van der Waals surface area contributed by atoms with Crippen molar-refractivity contribution in [3.63, 3.8) is 0 Å². The van der Waals surface area contributed by atoms with E-state index >= 15 is 0 Å². The van der Waals surface area contributed by atoms with E-state index in [9.17, 15) is 9.50 Å². The van der Waals surface area contributed by atoms with E-state index in [0.717, 1.165) is 28.2 Å². The number of nitrogens with one attached hydrogen (secondary N) is 1. The molecule has 0 fully saturated rings. The van der Waals surface area contributed by atoms with Crippen LogP contribution in [0.5, 0.6) is 17.2 Å². The fraction of sp³-hybridized carbons (Fsp3) is 0.217. The second kappa shape index (κ2) is 9.24. The van der Waals surface area contributed by atoms with Crippen molar-refractivity contribution in [2.75, 3.05) is 20.8 Å². The van der Waals surface area contributed by atoms with Crippen LogP contribution in [0.25, 0.3) is 11.1 Å². The Labute approximate surface area is 164 Å². The SMILES string of the molecule is COc1ccc(OC)c(-c2ccc(O)c(CNCCc3ccccc3F)c2)c1. The minimum Gasteiger partial charge on any atom is -0.508 e. The Morgan fingerprint density at radius 3 is 2.50 bits per heavy atom. The molecule has 0 aliphatic rings. The van der Waals surface area contributed by atoms with Gasteiger partial charge in [0.1, 0.15) is 23.1 Å². The summed E-state index contributed by atoms with van der Waals surface area (Å²) in [5.41, 5.74) is 3.24. The summed E-state index contributed by atoms with van der Waals surface area (Å²) >= 11 is 0. The zero-order valence-corrected chi connectivity index (χ0v) is 16.0. The molecule has 3 aromatic rings. The summed E-state index contributed by atoms with van der Waals surface area (Å²) in [5, 5.41) is 13.5. The van der Waals surface area contributed by atoms with Gasteiger partial charge in [0.25, 0.3) is 0 Å². The van der Waals surface area contributed by atoms with E-state index < -0.39 is 0 Å². The fourth-order valence-electron chi connectivity index (χ4n) is 3.08. The average molecular weight is 381 g/mol. The lowest BCUT2D eigenvalue weighted by Gasteiger charge is -2.13. The zero-order valence-electron chi connectivity index (χ0n) is 16.0. The van der Waals surface area contributed by atoms with Crippen LogP contribution in [0.2, 0.25) is 0 Å². The Hall–Kier alpha value is -3.05. The summed E-state index contributed by atoms with van der Waals surface area (Å²) in [7, 11) is 3.24. The predicted molar refractivity (Wildman–Crippen MR) is 108 cm³/mol. The molecule has 0 radical (unpaired) electrons. The van der Waals surface area contributed by atoms with Crippen molar-refractivity contribution >= 4 is 0 Å². The summed E-state index contributed by atoms with van der Waals surface area (Å²) in [5.74, 6) is 1.47. The van der Waals surface area contributed by atoms with Gasteiger partial charge < -0.3 is 19.9 Å². The monoisotopic (exact) mass is 381 g/mol. The van der Waals surface area contributed by atoms with Gasteiger partial charge in [-0.05, 0) is 60.5 Å². The molecule has 0 aromatic heterocycles. The molecule has 0 saturated carbocycles. The molecular formula is C23H24FNO3. The smallest absolute Gasteiger partial charge is 0.126 e. The quantitative estimate of drug-likeness (QED) is 0.562. The molecule has 0 unspecified atom stereocenters. The first-order chi connectivity index (χ1) is 13.6. The number of rotatable bonds is 8. The first-order valence-electron chi connectivity index (χ1n) is 9.10. The van der Waals surface area contributed by atoms with E-state index in [1.54, 1.807) is 32.4 Å². The van der Waals surface area contributed by atoms with Gasteiger partial charge in [-0.1, -0.05) is 24.3 Å². The highest BCUT2D eigenvalue weighted by Gasteiger charge is 2.11. The van der Waals surface area contributed by atoms with E-state index in [4.69, 9.17) is 9.47 Å². The number of aromatic hydroxyl groups is 1. The highest BCUT2D eigenvalue weighted by molar-refractivity contribution is 5.73. The normalized spacial score (nSPS) is 10.7. The molecule has 0 aliphatic heterocycles. The maximum absolute atomic E-state index is 13.7. The lowest BCUT2D eigenvalue weighted by atomic mass is 10.0. The van der Waals surface area contributed by atoms with Crippen molar-refractivity contribution in [2.45, 2.75) is 13.0 Å². The number of ether oxygens (including phenoxy) is 2. The predicted octanol–water partition coefficient (Wildman–Crippen LogP) is 4.55. The Bertz CT molecular complexity index is 943. The van der Waals surface area contributed by atoms with Gasteiger partial charge in [0.05, 0.1) is 14.2 Å². The molecule has 0 spiro atoms. The van der Waals surface area contributed by atoms with Crippen molar-refractivity contribution < 1.29 is 19.0 Å². The molecule has 0 bridgehead atoms. The number of methoxy groups -OCH3 is 2. The van der Waals surface area contributed by atoms with E-state index in [1.807, 2.05) is 36.4 Å². The first-order valence-corrected chi connectivity index (χ1v) is 9.10. The standard InChI is InChI=1S/C23H24FNO3/c1-27-19-8-10-23(28-2)20(14-19)17-7-9-22(26)18(13-17)15-25-12-11-16-5-3-4-6-21(16)24/h3-10,13-14,25-26H,11-12,15H2,1-2H3. The number of halogens is 1. The number of phenols is 1. The number of phenolic OH excluding ortho intramolecular Hbond substituents is 1. The second-order valence-corrected chi connectivity index (χ2v) is 6.43. The highest BCUT2D eigenvalue weighted by Crippen LogP contribution is 2.35. The summed E-state index contributed by atoms with van der Waals surface area (Å²) in [6, 6.07) is 17.8. The molecule has 5 heteroatoms. The van der Waals surface area contributed by atoms with Crippen LogP contribution < -0.4 is 14.8 Å². The topological polar surface area (TPSA) is 50.7 Å². The molecule has 3 aromatic carbocycles. The van der Waals surface area contributed by atoms with Crippen molar-refractivity contribution in [1.29, 1.82) is 0 Å². The van der Waals surface area contributed by atoms with Gasteiger partial charge in [0.2, 0.25) is 0 Å². The number of hydrogen-bond acceptors (Lipinski definition) is 4. The largest absolute Gasteiger partial charge is 0.508 e. The van der Waals surface area contributed by atoms with Gasteiger partial charge in [-0.2, -0.15) is 0 Å². The molecule has 0 saturated heterocycles. The van der Waals surface area contributed by atoms with Gasteiger partial charge in [-0.3, -0.25) is 0 Å². The van der Waals surface area contributed by atoms with Gasteiger partial charge in [-0.15, -0.1) is 0 Å². The Morgan fingerprint density at radius 1 is 0.929 bits per heavy atom. The van der Waals surface area contributed by atoms with Gasteiger partial charge in [-0.25, -0.2) is 4.39 Å². The lowest BCUT2D eigenvalue weighted by molar-refractivity contribution is 0.404. The third-order valence-electron chi connectivity index (χ3n) is 4.64. The molecule has 2 N–H and O–H groups in total. The Kier molecular flexibility index (Phi) is 6.50.